The van der Waals surface area contributed by atoms with Crippen molar-refractivity contribution in [1.82, 2.24) is 20.1 Å². The molecule has 0 fully saturated rings. The molecule has 0 aliphatic rings. The van der Waals surface area contributed by atoms with E-state index in [0.29, 0.717) is 17.9 Å². The Labute approximate surface area is 111 Å². The number of aromatic nitrogens is 3. The molecule has 0 aliphatic heterocycles. The highest BCUT2D eigenvalue weighted by molar-refractivity contribution is 5.94. The van der Waals surface area contributed by atoms with E-state index in [4.69, 9.17) is 5.73 Å². The van der Waals surface area contributed by atoms with E-state index in [0.717, 1.165) is 17.8 Å². The molecule has 19 heavy (non-hydrogen) atoms. The van der Waals surface area contributed by atoms with Gasteiger partial charge in [0.25, 0.3) is 5.91 Å². The molecule has 6 nitrogen and oxygen atoms in total. The number of hydrogen-bond donors (Lipinski definition) is 2. The van der Waals surface area contributed by atoms with Crippen molar-refractivity contribution in [2.45, 2.75) is 13.3 Å². The van der Waals surface area contributed by atoms with Crippen molar-refractivity contribution in [3.63, 3.8) is 0 Å². The van der Waals surface area contributed by atoms with Crippen molar-refractivity contribution in [2.75, 3.05) is 12.3 Å². The topological polar surface area (TPSA) is 85.8 Å². The third kappa shape index (κ3) is 3.31. The number of nitrogen functional groups attached to an aromatic ring is 1. The van der Waals surface area contributed by atoms with Gasteiger partial charge in [-0.25, -0.2) is 4.98 Å². The second kappa shape index (κ2) is 5.51. The van der Waals surface area contributed by atoms with Gasteiger partial charge < -0.3 is 11.1 Å². The fraction of sp³-hybridized carbons (Fsp3) is 0.308. The van der Waals surface area contributed by atoms with E-state index >= 15 is 0 Å². The average molecular weight is 259 g/mol. The van der Waals surface area contributed by atoms with Crippen LogP contribution in [0, 0.1) is 6.92 Å². The van der Waals surface area contributed by atoms with Gasteiger partial charge in [-0.3, -0.25) is 9.48 Å². The molecule has 2 rings (SSSR count). The van der Waals surface area contributed by atoms with E-state index < -0.39 is 0 Å². The quantitative estimate of drug-likeness (QED) is 0.845. The molecule has 0 radical (unpaired) electrons. The van der Waals surface area contributed by atoms with Gasteiger partial charge in [-0.2, -0.15) is 5.10 Å². The molecule has 0 saturated heterocycles. The molecule has 1 amide bonds. The van der Waals surface area contributed by atoms with Crippen molar-refractivity contribution in [1.29, 1.82) is 0 Å². The third-order valence-corrected chi connectivity index (χ3v) is 2.82. The van der Waals surface area contributed by atoms with E-state index in [-0.39, 0.29) is 5.91 Å². The van der Waals surface area contributed by atoms with Gasteiger partial charge in [0.15, 0.2) is 0 Å². The zero-order valence-corrected chi connectivity index (χ0v) is 11.1. The number of pyridine rings is 1. The first kappa shape index (κ1) is 13.1. The van der Waals surface area contributed by atoms with Crippen LogP contribution in [0.15, 0.2) is 24.4 Å². The van der Waals surface area contributed by atoms with Crippen LogP contribution in [0.1, 0.15) is 21.7 Å². The van der Waals surface area contributed by atoms with Gasteiger partial charge >= 0.3 is 0 Å². The minimum atomic E-state index is -0.139. The predicted molar refractivity (Wildman–Crippen MR) is 72.6 cm³/mol. The van der Waals surface area contributed by atoms with Crippen LogP contribution in [0.4, 0.5) is 5.82 Å². The molecule has 0 unspecified atom stereocenters. The molecule has 0 atom stereocenters. The molecule has 0 spiro atoms. The van der Waals surface area contributed by atoms with Crippen molar-refractivity contribution < 1.29 is 4.79 Å². The molecule has 6 heteroatoms. The number of amides is 1. The fourth-order valence-electron chi connectivity index (χ4n) is 1.88. The van der Waals surface area contributed by atoms with Crippen LogP contribution in [0.5, 0.6) is 0 Å². The Balaban J connectivity index is 1.92. The van der Waals surface area contributed by atoms with Crippen LogP contribution in [-0.2, 0) is 13.5 Å². The molecule has 3 N–H and O–H groups in total. The van der Waals surface area contributed by atoms with Crippen LogP contribution in [0.2, 0.25) is 0 Å². The number of hydrogen-bond acceptors (Lipinski definition) is 4. The molecule has 0 bridgehead atoms. The summed E-state index contributed by atoms with van der Waals surface area (Å²) in [6.45, 7) is 2.36. The summed E-state index contributed by atoms with van der Waals surface area (Å²) in [5, 5.41) is 6.93. The Morgan fingerprint density at radius 3 is 2.89 bits per heavy atom. The highest BCUT2D eigenvalue weighted by atomic mass is 16.1. The summed E-state index contributed by atoms with van der Waals surface area (Å²) in [6.07, 6.45) is 2.48. The van der Waals surface area contributed by atoms with Crippen molar-refractivity contribution >= 4 is 11.7 Å². The van der Waals surface area contributed by atoms with Crippen molar-refractivity contribution in [2.24, 2.45) is 7.05 Å². The van der Waals surface area contributed by atoms with E-state index in [9.17, 15) is 4.79 Å². The summed E-state index contributed by atoms with van der Waals surface area (Å²) in [6, 6.07) is 5.23. The van der Waals surface area contributed by atoms with E-state index in [1.807, 2.05) is 20.0 Å². The summed E-state index contributed by atoms with van der Waals surface area (Å²) in [5.41, 5.74) is 7.97. The largest absolute Gasteiger partial charge is 0.384 e. The van der Waals surface area contributed by atoms with Crippen LogP contribution >= 0.6 is 0 Å². The average Bonchev–Trinajstić information content (AvgIpc) is 2.74. The predicted octanol–water partition coefficient (Wildman–Crippen LogP) is 0.678. The second-order valence-corrected chi connectivity index (χ2v) is 4.37. The molecule has 2 aromatic rings. The molecule has 2 heterocycles. The van der Waals surface area contributed by atoms with Gasteiger partial charge in [-0.15, -0.1) is 0 Å². The lowest BCUT2D eigenvalue weighted by atomic mass is 10.2. The maximum Gasteiger partial charge on any atom is 0.251 e. The number of nitrogens with zero attached hydrogens (tertiary/aromatic N) is 3. The smallest absolute Gasteiger partial charge is 0.251 e. The zero-order valence-electron chi connectivity index (χ0n) is 11.1. The fourth-order valence-corrected chi connectivity index (χ4v) is 1.88. The summed E-state index contributed by atoms with van der Waals surface area (Å²) in [7, 11) is 1.88. The summed E-state index contributed by atoms with van der Waals surface area (Å²) in [4.78, 5) is 16.0. The molecule has 0 aliphatic carbocycles. The highest BCUT2D eigenvalue weighted by Gasteiger charge is 2.07. The van der Waals surface area contributed by atoms with Crippen LogP contribution in [-0.4, -0.2) is 27.2 Å². The van der Waals surface area contributed by atoms with E-state index in [2.05, 4.69) is 15.4 Å². The molecule has 100 valence electrons. The first-order chi connectivity index (χ1) is 9.06. The first-order valence-corrected chi connectivity index (χ1v) is 6.05. The number of aryl methyl sites for hydroxylation is 2. The monoisotopic (exact) mass is 259 g/mol. The lowest BCUT2D eigenvalue weighted by Gasteiger charge is -2.07. The molecular weight excluding hydrogens is 242 g/mol. The van der Waals surface area contributed by atoms with Gasteiger partial charge in [0.05, 0.1) is 0 Å². The summed E-state index contributed by atoms with van der Waals surface area (Å²) in [5.74, 6) is 0.219. The maximum atomic E-state index is 11.9. The van der Waals surface area contributed by atoms with Crippen molar-refractivity contribution in [3.8, 4) is 0 Å². The Morgan fingerprint density at radius 1 is 1.47 bits per heavy atom. The van der Waals surface area contributed by atoms with Gasteiger partial charge in [-0.05, 0) is 25.1 Å². The van der Waals surface area contributed by atoms with Gasteiger partial charge in [0.2, 0.25) is 0 Å². The third-order valence-electron chi connectivity index (χ3n) is 2.82. The normalized spacial score (nSPS) is 10.4. The minimum Gasteiger partial charge on any atom is -0.384 e. The minimum absolute atomic E-state index is 0.139. The molecule has 2 aromatic heterocycles. The Hall–Kier alpha value is -2.37. The zero-order chi connectivity index (χ0) is 13.8. The van der Waals surface area contributed by atoms with Crippen molar-refractivity contribution in [3.05, 3.63) is 41.3 Å². The van der Waals surface area contributed by atoms with Gasteiger partial charge in [0.1, 0.15) is 5.82 Å². The Morgan fingerprint density at radius 2 is 2.26 bits per heavy atom. The van der Waals surface area contributed by atoms with Crippen LogP contribution in [0.3, 0.4) is 0 Å². The number of carbonyl (C=O) groups excluding carboxylic acids is 1. The molecular formula is C13H17N5O. The van der Waals surface area contributed by atoms with Gasteiger partial charge in [0, 0.05) is 43.2 Å². The summed E-state index contributed by atoms with van der Waals surface area (Å²) >= 11 is 0. The maximum absolute atomic E-state index is 11.9. The number of rotatable bonds is 4. The standard InChI is InChI=1S/C13H17N5O/c1-9-7-10(8-12(14)17-9)13(19)15-5-3-11-4-6-16-18(11)2/h4,6-8H,3,5H2,1-2H3,(H2,14,17)(H,15,19). The molecule has 0 saturated carbocycles. The lowest BCUT2D eigenvalue weighted by Crippen LogP contribution is -2.26. The summed E-state index contributed by atoms with van der Waals surface area (Å²) < 4.78 is 1.79. The number of anilines is 1. The van der Waals surface area contributed by atoms with Gasteiger partial charge in [-0.1, -0.05) is 0 Å². The van der Waals surface area contributed by atoms with E-state index in [1.54, 1.807) is 23.0 Å². The number of nitrogens with one attached hydrogen (secondary N) is 1. The van der Waals surface area contributed by atoms with Crippen LogP contribution in [0.25, 0.3) is 0 Å². The SMILES string of the molecule is Cc1cc(C(=O)NCCc2ccnn2C)cc(N)n1. The lowest BCUT2D eigenvalue weighted by molar-refractivity contribution is 0.0954. The Kier molecular flexibility index (Phi) is 3.79. The van der Waals surface area contributed by atoms with E-state index in [1.165, 1.54) is 0 Å². The van der Waals surface area contributed by atoms with Crippen LogP contribution < -0.4 is 11.1 Å². The highest BCUT2D eigenvalue weighted by Crippen LogP contribution is 2.06. The first-order valence-electron chi connectivity index (χ1n) is 6.05. The second-order valence-electron chi connectivity index (χ2n) is 4.37. The molecule has 0 aromatic carbocycles. The Bertz CT molecular complexity index is 570. The number of nitrogens with two attached hydrogens (primary N) is 1. The number of carbonyl (C=O) groups is 1.